The van der Waals surface area contributed by atoms with Gasteiger partial charge in [0, 0.05) is 12.6 Å². The molecule has 34 heavy (non-hydrogen) atoms. The lowest BCUT2D eigenvalue weighted by Gasteiger charge is -2.31. The van der Waals surface area contributed by atoms with E-state index < -0.39 is 29.8 Å². The first kappa shape index (κ1) is 26.6. The summed E-state index contributed by atoms with van der Waals surface area (Å²) in [5, 5.41) is 5.66. The Morgan fingerprint density at radius 3 is 2.21 bits per heavy atom. The van der Waals surface area contributed by atoms with E-state index in [1.807, 2.05) is 0 Å². The average molecular weight is 477 g/mol. The zero-order valence-electron chi connectivity index (χ0n) is 21.0. The number of rotatable bonds is 5. The largest absolute Gasteiger partial charge is 0.347 e. The summed E-state index contributed by atoms with van der Waals surface area (Å²) in [5.41, 5.74) is 6.27. The number of hydrogen-bond acceptors (Lipinski definition) is 5. The lowest BCUT2D eigenvalue weighted by molar-refractivity contribution is -0.143. The highest BCUT2D eigenvalue weighted by atomic mass is 16.2. The predicted molar refractivity (Wildman–Crippen MR) is 131 cm³/mol. The van der Waals surface area contributed by atoms with E-state index in [2.05, 4.69) is 24.5 Å². The zero-order valence-corrected chi connectivity index (χ0v) is 21.0. The van der Waals surface area contributed by atoms with Crippen molar-refractivity contribution in [1.29, 1.82) is 0 Å². The molecule has 2 saturated heterocycles. The Balaban J connectivity index is 1.80. The number of Topliss-reactive ketones (excluding diaryl/α,β-unsaturated/α-hetero) is 1. The minimum atomic E-state index is -0.856. The molecular weight excluding hydrogens is 432 g/mol. The second-order valence-electron chi connectivity index (χ2n) is 11.0. The molecule has 3 rings (SSSR count). The van der Waals surface area contributed by atoms with Crippen molar-refractivity contribution in [2.75, 3.05) is 6.54 Å². The standard InChI is InChI=1S/C26H44N4O4/c1-17(2)16-18-14-15-30-22(18)24(32)29-21(23(31)25(33)28-19-12-13-19)11-9-7-5-3-4-6-8-10-20(27)26(30)34/h17-22H,3-16,27H2,1-2H3,(H,28,33)(H,29,32)/t18-,20+,21+,22+/m1/s1. The average Bonchev–Trinajstić information content (AvgIpc) is 3.51. The van der Waals surface area contributed by atoms with Crippen LogP contribution in [-0.4, -0.2) is 59.1 Å². The second kappa shape index (κ2) is 12.7. The Labute approximate surface area is 204 Å². The second-order valence-corrected chi connectivity index (χ2v) is 11.0. The molecule has 0 aromatic carbocycles. The van der Waals surface area contributed by atoms with Crippen LogP contribution in [0.5, 0.6) is 0 Å². The Kier molecular flexibility index (Phi) is 9.92. The summed E-state index contributed by atoms with van der Waals surface area (Å²) < 4.78 is 0. The third-order valence-corrected chi connectivity index (χ3v) is 7.44. The third-order valence-electron chi connectivity index (χ3n) is 7.44. The first-order valence-corrected chi connectivity index (χ1v) is 13.5. The number of ketones is 1. The summed E-state index contributed by atoms with van der Waals surface area (Å²) in [6.07, 6.45) is 11.4. The number of nitrogens with two attached hydrogens (primary N) is 1. The molecule has 0 aromatic rings. The summed E-state index contributed by atoms with van der Waals surface area (Å²) in [7, 11) is 0. The summed E-state index contributed by atoms with van der Waals surface area (Å²) in [6, 6.07) is -2.03. The number of carbonyl (C=O) groups excluding carboxylic acids is 4. The zero-order chi connectivity index (χ0) is 24.7. The van der Waals surface area contributed by atoms with Crippen molar-refractivity contribution in [3.05, 3.63) is 0 Å². The van der Waals surface area contributed by atoms with Gasteiger partial charge in [0.15, 0.2) is 0 Å². The van der Waals surface area contributed by atoms with E-state index in [0.717, 1.165) is 70.6 Å². The molecule has 0 spiro atoms. The van der Waals surface area contributed by atoms with Crippen LogP contribution in [0, 0.1) is 11.8 Å². The van der Waals surface area contributed by atoms with Crippen LogP contribution in [-0.2, 0) is 19.2 Å². The van der Waals surface area contributed by atoms with Crippen molar-refractivity contribution in [3.8, 4) is 0 Å². The number of amides is 3. The topological polar surface area (TPSA) is 122 Å². The van der Waals surface area contributed by atoms with Gasteiger partial charge >= 0.3 is 0 Å². The lowest BCUT2D eigenvalue weighted by Crippen LogP contribution is -2.56. The van der Waals surface area contributed by atoms with Gasteiger partial charge in [0.25, 0.3) is 5.91 Å². The van der Waals surface area contributed by atoms with Crippen LogP contribution in [0.1, 0.15) is 97.3 Å². The van der Waals surface area contributed by atoms with Gasteiger partial charge in [-0.1, -0.05) is 58.8 Å². The smallest absolute Gasteiger partial charge is 0.289 e. The molecule has 2 heterocycles. The molecule has 1 aliphatic carbocycles. The lowest BCUT2D eigenvalue weighted by atomic mass is 9.89. The van der Waals surface area contributed by atoms with Crippen LogP contribution in [0.15, 0.2) is 0 Å². The Hall–Kier alpha value is -1.96. The van der Waals surface area contributed by atoms with Gasteiger partial charge in [-0.2, -0.15) is 0 Å². The van der Waals surface area contributed by atoms with Crippen molar-refractivity contribution in [3.63, 3.8) is 0 Å². The van der Waals surface area contributed by atoms with Crippen LogP contribution in [0.25, 0.3) is 0 Å². The van der Waals surface area contributed by atoms with E-state index in [-0.39, 0.29) is 23.8 Å². The van der Waals surface area contributed by atoms with Crippen LogP contribution in [0.4, 0.5) is 0 Å². The molecule has 0 aromatic heterocycles. The van der Waals surface area contributed by atoms with Crippen molar-refractivity contribution in [2.24, 2.45) is 17.6 Å². The molecule has 8 heteroatoms. The number of hydrogen-bond donors (Lipinski definition) is 3. The molecule has 0 bridgehead atoms. The maximum atomic E-state index is 13.6. The van der Waals surface area contributed by atoms with Crippen LogP contribution < -0.4 is 16.4 Å². The minimum Gasteiger partial charge on any atom is -0.347 e. The quantitative estimate of drug-likeness (QED) is 0.526. The molecule has 0 radical (unpaired) electrons. The summed E-state index contributed by atoms with van der Waals surface area (Å²) in [6.45, 7) is 4.72. The van der Waals surface area contributed by atoms with E-state index in [0.29, 0.717) is 25.3 Å². The highest BCUT2D eigenvalue weighted by molar-refractivity contribution is 6.38. The monoisotopic (exact) mass is 476 g/mol. The summed E-state index contributed by atoms with van der Waals surface area (Å²) in [5.74, 6) is -1.28. The first-order chi connectivity index (χ1) is 16.3. The van der Waals surface area contributed by atoms with Gasteiger partial charge in [-0.15, -0.1) is 0 Å². The van der Waals surface area contributed by atoms with E-state index >= 15 is 0 Å². The molecule has 0 unspecified atom stereocenters. The molecule has 4 N–H and O–H groups in total. The third kappa shape index (κ3) is 7.52. The van der Waals surface area contributed by atoms with Crippen molar-refractivity contribution in [1.82, 2.24) is 15.5 Å². The van der Waals surface area contributed by atoms with E-state index in [1.165, 1.54) is 0 Å². The Bertz CT molecular complexity index is 736. The fraction of sp³-hybridized carbons (Fsp3) is 0.846. The van der Waals surface area contributed by atoms with E-state index in [1.54, 1.807) is 4.90 Å². The number of nitrogens with zero attached hydrogens (tertiary/aromatic N) is 1. The van der Waals surface area contributed by atoms with Crippen LogP contribution in [0.3, 0.4) is 0 Å². The van der Waals surface area contributed by atoms with Crippen molar-refractivity contribution >= 4 is 23.5 Å². The highest BCUT2D eigenvalue weighted by Gasteiger charge is 2.44. The van der Waals surface area contributed by atoms with Crippen molar-refractivity contribution in [2.45, 2.75) is 121 Å². The SMILES string of the molecule is CC(C)C[C@H]1CCN2C(=O)[C@@H](N)CCCCCCCCC[C@@H](C(=O)C(=O)NC3CC3)NC(=O)[C@H]12. The van der Waals surface area contributed by atoms with Crippen LogP contribution >= 0.6 is 0 Å². The van der Waals surface area contributed by atoms with Gasteiger partial charge in [0.2, 0.25) is 17.6 Å². The minimum absolute atomic E-state index is 0.0195. The molecule has 192 valence electrons. The predicted octanol–water partition coefficient (Wildman–Crippen LogP) is 2.43. The molecule has 8 nitrogen and oxygen atoms in total. The molecule has 4 atom stereocenters. The number of fused-ring (bicyclic) bond motifs is 1. The van der Waals surface area contributed by atoms with E-state index in [4.69, 9.17) is 5.73 Å². The van der Waals surface area contributed by atoms with Gasteiger partial charge < -0.3 is 21.3 Å². The molecule has 2 aliphatic heterocycles. The normalized spacial score (nSPS) is 30.1. The molecule has 1 saturated carbocycles. The molecule has 3 aliphatic rings. The molecular formula is C26H44N4O4. The number of carbonyl (C=O) groups is 4. The fourth-order valence-corrected chi connectivity index (χ4v) is 5.41. The first-order valence-electron chi connectivity index (χ1n) is 13.5. The van der Waals surface area contributed by atoms with Gasteiger partial charge in [-0.05, 0) is 50.4 Å². The van der Waals surface area contributed by atoms with Gasteiger partial charge in [-0.25, -0.2) is 0 Å². The Morgan fingerprint density at radius 1 is 0.971 bits per heavy atom. The van der Waals surface area contributed by atoms with Gasteiger partial charge in [0.1, 0.15) is 6.04 Å². The Morgan fingerprint density at radius 2 is 1.59 bits per heavy atom. The number of nitrogens with one attached hydrogen (secondary N) is 2. The molecule has 3 amide bonds. The van der Waals surface area contributed by atoms with Gasteiger partial charge in [-0.3, -0.25) is 19.2 Å². The van der Waals surface area contributed by atoms with Crippen LogP contribution in [0.2, 0.25) is 0 Å². The highest BCUT2D eigenvalue weighted by Crippen LogP contribution is 2.31. The molecule has 3 fully saturated rings. The van der Waals surface area contributed by atoms with Gasteiger partial charge in [0.05, 0.1) is 12.1 Å². The fourth-order valence-electron chi connectivity index (χ4n) is 5.41. The van der Waals surface area contributed by atoms with Crippen molar-refractivity contribution < 1.29 is 19.2 Å². The maximum Gasteiger partial charge on any atom is 0.289 e. The van der Waals surface area contributed by atoms with E-state index in [9.17, 15) is 19.2 Å². The maximum absolute atomic E-state index is 13.6. The summed E-state index contributed by atoms with van der Waals surface area (Å²) in [4.78, 5) is 53.9. The summed E-state index contributed by atoms with van der Waals surface area (Å²) >= 11 is 0.